The minimum atomic E-state index is 0.533. The molecule has 2 unspecified atom stereocenters. The van der Waals surface area contributed by atoms with Crippen LogP contribution in [-0.4, -0.2) is 39.8 Å². The maximum absolute atomic E-state index is 4.75. The highest BCUT2D eigenvalue weighted by atomic mass is 32.2. The van der Waals surface area contributed by atoms with Crippen LogP contribution in [0.25, 0.3) is 0 Å². The first-order chi connectivity index (χ1) is 12.8. The van der Waals surface area contributed by atoms with Crippen LogP contribution in [0.5, 0.6) is 0 Å². The Labute approximate surface area is 160 Å². The van der Waals surface area contributed by atoms with Crippen molar-refractivity contribution in [2.45, 2.75) is 50.6 Å². The van der Waals surface area contributed by atoms with Crippen molar-refractivity contribution in [2.75, 3.05) is 12.8 Å². The van der Waals surface area contributed by atoms with Crippen molar-refractivity contribution >= 4 is 17.7 Å². The van der Waals surface area contributed by atoms with E-state index in [2.05, 4.69) is 59.4 Å². The molecule has 26 heavy (non-hydrogen) atoms. The van der Waals surface area contributed by atoms with Gasteiger partial charge >= 0.3 is 0 Å². The van der Waals surface area contributed by atoms with Crippen LogP contribution in [0.2, 0.25) is 0 Å². The van der Waals surface area contributed by atoms with Gasteiger partial charge in [-0.25, -0.2) is 4.99 Å². The molecule has 0 bridgehead atoms. The maximum Gasteiger partial charge on any atom is 0.191 e. The first kappa shape index (κ1) is 18.8. The van der Waals surface area contributed by atoms with Gasteiger partial charge < -0.3 is 10.6 Å². The molecule has 5 nitrogen and oxygen atoms in total. The average Bonchev–Trinajstić information content (AvgIpc) is 3.30. The third kappa shape index (κ3) is 5.53. The van der Waals surface area contributed by atoms with Crippen molar-refractivity contribution in [1.82, 2.24) is 20.4 Å². The summed E-state index contributed by atoms with van der Waals surface area (Å²) in [4.78, 5) is 4.75. The fourth-order valence-electron chi connectivity index (χ4n) is 3.31. The molecule has 0 saturated heterocycles. The molecule has 140 valence electrons. The number of benzene rings is 1. The van der Waals surface area contributed by atoms with Crippen LogP contribution >= 0.6 is 11.8 Å². The zero-order valence-corrected chi connectivity index (χ0v) is 16.5. The average molecular weight is 372 g/mol. The first-order valence-electron chi connectivity index (χ1n) is 9.39. The van der Waals surface area contributed by atoms with E-state index in [1.807, 2.05) is 28.7 Å². The van der Waals surface area contributed by atoms with Crippen molar-refractivity contribution in [1.29, 1.82) is 0 Å². The van der Waals surface area contributed by atoms with Gasteiger partial charge in [-0.1, -0.05) is 30.3 Å². The van der Waals surface area contributed by atoms with E-state index in [1.165, 1.54) is 24.8 Å². The van der Waals surface area contributed by atoms with E-state index in [1.54, 1.807) is 0 Å². The molecule has 1 aliphatic carbocycles. The number of rotatable bonds is 7. The van der Waals surface area contributed by atoms with Gasteiger partial charge in [0.15, 0.2) is 5.96 Å². The number of nitrogens with zero attached hydrogens (tertiary/aromatic N) is 3. The molecule has 2 N–H and O–H groups in total. The third-order valence-electron chi connectivity index (χ3n) is 4.70. The molecule has 3 rings (SSSR count). The Morgan fingerprint density at radius 2 is 2.12 bits per heavy atom. The minimum absolute atomic E-state index is 0.533. The lowest BCUT2D eigenvalue weighted by atomic mass is 10.2. The highest BCUT2D eigenvalue weighted by Gasteiger charge is 2.24. The smallest absolute Gasteiger partial charge is 0.191 e. The number of hydrogen-bond acceptors (Lipinski definition) is 3. The molecular formula is C20H29N5S. The summed E-state index contributed by atoms with van der Waals surface area (Å²) in [5, 5.41) is 12.2. The maximum atomic E-state index is 4.75. The van der Waals surface area contributed by atoms with Crippen molar-refractivity contribution in [2.24, 2.45) is 4.99 Å². The topological polar surface area (TPSA) is 54.2 Å². The van der Waals surface area contributed by atoms with Gasteiger partial charge in [0.25, 0.3) is 0 Å². The van der Waals surface area contributed by atoms with E-state index < -0.39 is 0 Å². The number of nitrogens with one attached hydrogen (secondary N) is 2. The molecule has 1 aliphatic rings. The van der Waals surface area contributed by atoms with Gasteiger partial charge in [-0.2, -0.15) is 16.9 Å². The standard InChI is InChI=1S/C20H29N5S/c1-3-21-20(24-18-9-10-19(11-18)26-2)22-12-17-13-23-25(15-17)14-16-7-5-4-6-8-16/h4-8,13,15,18-19H,3,9-12,14H2,1-2H3,(H2,21,22,24). The molecule has 0 spiro atoms. The fourth-order valence-corrected chi connectivity index (χ4v) is 4.11. The molecule has 1 fully saturated rings. The summed E-state index contributed by atoms with van der Waals surface area (Å²) in [5.74, 6) is 0.912. The Kier molecular flexibility index (Phi) is 7.00. The van der Waals surface area contributed by atoms with Crippen molar-refractivity contribution in [3.05, 3.63) is 53.9 Å². The second-order valence-electron chi connectivity index (χ2n) is 6.74. The minimum Gasteiger partial charge on any atom is -0.357 e. The van der Waals surface area contributed by atoms with Gasteiger partial charge in [0.05, 0.1) is 19.3 Å². The van der Waals surface area contributed by atoms with E-state index in [9.17, 15) is 0 Å². The van der Waals surface area contributed by atoms with Crippen LogP contribution in [0.15, 0.2) is 47.7 Å². The molecular weight excluding hydrogens is 342 g/mol. The number of aliphatic imine (C=N–C) groups is 1. The molecule has 6 heteroatoms. The Bertz CT molecular complexity index is 697. The second kappa shape index (κ2) is 9.67. The zero-order valence-electron chi connectivity index (χ0n) is 15.7. The lowest BCUT2D eigenvalue weighted by Crippen LogP contribution is -2.42. The van der Waals surface area contributed by atoms with Gasteiger partial charge in [0.1, 0.15) is 0 Å². The summed E-state index contributed by atoms with van der Waals surface area (Å²) < 4.78 is 1.97. The van der Waals surface area contributed by atoms with E-state index in [-0.39, 0.29) is 0 Å². The molecule has 1 heterocycles. The third-order valence-corrected chi connectivity index (χ3v) is 5.79. The summed E-state index contributed by atoms with van der Waals surface area (Å²) in [6.45, 7) is 4.41. The first-order valence-corrected chi connectivity index (χ1v) is 10.7. The quantitative estimate of drug-likeness (QED) is 0.579. The number of thioether (sulfide) groups is 1. The Morgan fingerprint density at radius 1 is 1.27 bits per heavy atom. The Morgan fingerprint density at radius 3 is 2.85 bits per heavy atom. The van der Waals surface area contributed by atoms with Gasteiger partial charge in [-0.15, -0.1) is 0 Å². The summed E-state index contributed by atoms with van der Waals surface area (Å²) in [7, 11) is 0. The van der Waals surface area contributed by atoms with Crippen LogP contribution < -0.4 is 10.6 Å². The Balaban J connectivity index is 1.56. The van der Waals surface area contributed by atoms with Crippen LogP contribution in [0.4, 0.5) is 0 Å². The summed E-state index contributed by atoms with van der Waals surface area (Å²) in [5.41, 5.74) is 2.39. The molecule has 1 aromatic carbocycles. The molecule has 1 saturated carbocycles. The van der Waals surface area contributed by atoms with Crippen LogP contribution in [-0.2, 0) is 13.1 Å². The van der Waals surface area contributed by atoms with Crippen LogP contribution in [0.3, 0.4) is 0 Å². The van der Waals surface area contributed by atoms with E-state index in [0.717, 1.165) is 29.9 Å². The van der Waals surface area contributed by atoms with Crippen molar-refractivity contribution in [3.63, 3.8) is 0 Å². The molecule has 0 radical (unpaired) electrons. The van der Waals surface area contributed by atoms with E-state index in [4.69, 9.17) is 4.99 Å². The largest absolute Gasteiger partial charge is 0.357 e. The highest BCUT2D eigenvalue weighted by Crippen LogP contribution is 2.28. The van der Waals surface area contributed by atoms with Crippen LogP contribution in [0, 0.1) is 0 Å². The Hall–Kier alpha value is -1.95. The monoisotopic (exact) mass is 371 g/mol. The van der Waals surface area contributed by atoms with Crippen molar-refractivity contribution < 1.29 is 0 Å². The highest BCUT2D eigenvalue weighted by molar-refractivity contribution is 7.99. The SMILES string of the molecule is CCNC(=NCc1cnn(Cc2ccccc2)c1)NC1CCC(SC)C1. The second-order valence-corrected chi connectivity index (χ2v) is 7.88. The number of guanidine groups is 1. The van der Waals surface area contributed by atoms with Gasteiger partial charge in [-0.05, 0) is 38.0 Å². The van der Waals surface area contributed by atoms with E-state index >= 15 is 0 Å². The van der Waals surface area contributed by atoms with Gasteiger partial charge in [0, 0.05) is 29.6 Å². The number of hydrogen-bond donors (Lipinski definition) is 2. The summed E-state index contributed by atoms with van der Waals surface area (Å²) >= 11 is 1.98. The summed E-state index contributed by atoms with van der Waals surface area (Å²) in [6.07, 6.45) is 9.95. The molecule has 0 aliphatic heterocycles. The molecule has 0 amide bonds. The molecule has 2 aromatic rings. The zero-order chi connectivity index (χ0) is 18.2. The van der Waals surface area contributed by atoms with Crippen molar-refractivity contribution in [3.8, 4) is 0 Å². The van der Waals surface area contributed by atoms with E-state index in [0.29, 0.717) is 12.6 Å². The lowest BCUT2D eigenvalue weighted by molar-refractivity contribution is 0.615. The predicted octanol–water partition coefficient (Wildman–Crippen LogP) is 3.27. The molecule has 1 aromatic heterocycles. The normalized spacial score (nSPS) is 20.3. The van der Waals surface area contributed by atoms with Crippen LogP contribution in [0.1, 0.15) is 37.3 Å². The molecule has 2 atom stereocenters. The number of aromatic nitrogens is 2. The lowest BCUT2D eigenvalue weighted by Gasteiger charge is -2.17. The van der Waals surface area contributed by atoms with Gasteiger partial charge in [0.2, 0.25) is 0 Å². The predicted molar refractivity (Wildman–Crippen MR) is 111 cm³/mol. The van der Waals surface area contributed by atoms with Gasteiger partial charge in [-0.3, -0.25) is 4.68 Å². The summed E-state index contributed by atoms with van der Waals surface area (Å²) in [6, 6.07) is 10.9. The fraction of sp³-hybridized carbons (Fsp3) is 0.500.